The molecule has 1 fully saturated rings. The molecule has 0 bridgehead atoms. The van der Waals surface area contributed by atoms with Crippen molar-refractivity contribution in [2.45, 2.75) is 13.5 Å². The quantitative estimate of drug-likeness (QED) is 0.671. The molecule has 3 aromatic rings. The Hall–Kier alpha value is -3.26. The first kappa shape index (κ1) is 19.1. The molecule has 8 heteroatoms. The van der Waals surface area contributed by atoms with Crippen LogP contribution in [0.3, 0.4) is 0 Å². The average Bonchev–Trinajstić information content (AvgIpc) is 2.72. The highest BCUT2D eigenvalue weighted by Crippen LogP contribution is 2.14. The predicted molar refractivity (Wildman–Crippen MR) is 106 cm³/mol. The summed E-state index contributed by atoms with van der Waals surface area (Å²) in [6.45, 7) is 3.42. The Morgan fingerprint density at radius 1 is 1.10 bits per heavy atom. The van der Waals surface area contributed by atoms with E-state index in [4.69, 9.17) is 4.74 Å². The molecule has 150 valence electrons. The lowest BCUT2D eigenvalue weighted by Gasteiger charge is -2.27. The summed E-state index contributed by atoms with van der Waals surface area (Å²) in [5, 5.41) is 0.295. The summed E-state index contributed by atoms with van der Waals surface area (Å²) in [6.07, 6.45) is 0. The van der Waals surface area contributed by atoms with Gasteiger partial charge in [-0.2, -0.15) is 0 Å². The topological polar surface area (TPSA) is 73.5 Å². The Kier molecular flexibility index (Phi) is 5.02. The first-order chi connectivity index (χ1) is 14.0. The zero-order valence-corrected chi connectivity index (χ0v) is 15.9. The van der Waals surface area contributed by atoms with E-state index < -0.39 is 17.1 Å². The van der Waals surface area contributed by atoms with Crippen LogP contribution in [0, 0.1) is 12.7 Å². The first-order valence-corrected chi connectivity index (χ1v) is 9.33. The molecular weight excluding hydrogens is 377 g/mol. The summed E-state index contributed by atoms with van der Waals surface area (Å²) in [5.41, 5.74) is 0.105. The number of aromatic nitrogens is 2. The molecule has 1 aliphatic rings. The van der Waals surface area contributed by atoms with E-state index in [1.807, 2.05) is 6.92 Å². The normalized spacial score (nSPS) is 14.3. The van der Waals surface area contributed by atoms with Gasteiger partial charge in [-0.15, -0.1) is 0 Å². The SMILES string of the molecule is Cc1ccc2c(c1)c(=O)n(-c1cccc(F)c1)c(=O)n2CC(=O)N1CCOCC1. The Bertz CT molecular complexity index is 1210. The third-order valence-electron chi connectivity index (χ3n) is 5.02. The molecule has 0 N–H and O–H groups in total. The van der Waals surface area contributed by atoms with Crippen molar-refractivity contribution in [3.8, 4) is 5.69 Å². The van der Waals surface area contributed by atoms with Crippen LogP contribution in [0.15, 0.2) is 52.1 Å². The van der Waals surface area contributed by atoms with Gasteiger partial charge in [0.15, 0.2) is 0 Å². The van der Waals surface area contributed by atoms with Gasteiger partial charge in [0.1, 0.15) is 12.4 Å². The highest BCUT2D eigenvalue weighted by molar-refractivity contribution is 5.82. The van der Waals surface area contributed by atoms with E-state index in [0.717, 1.165) is 16.2 Å². The number of nitrogens with zero attached hydrogens (tertiary/aromatic N) is 3. The van der Waals surface area contributed by atoms with Crippen LogP contribution in [-0.4, -0.2) is 46.2 Å². The minimum Gasteiger partial charge on any atom is -0.378 e. The molecule has 7 nitrogen and oxygen atoms in total. The Morgan fingerprint density at radius 3 is 2.59 bits per heavy atom. The van der Waals surface area contributed by atoms with Crippen molar-refractivity contribution in [2.75, 3.05) is 26.3 Å². The van der Waals surface area contributed by atoms with Crippen molar-refractivity contribution in [3.05, 3.63) is 74.7 Å². The number of ether oxygens (including phenoxy) is 1. The van der Waals surface area contributed by atoms with Gasteiger partial charge in [0.05, 0.1) is 29.8 Å². The van der Waals surface area contributed by atoms with Gasteiger partial charge in [0.2, 0.25) is 5.91 Å². The summed E-state index contributed by atoms with van der Waals surface area (Å²) < 4.78 is 21.2. The fraction of sp³-hybridized carbons (Fsp3) is 0.286. The van der Waals surface area contributed by atoms with Gasteiger partial charge in [0.25, 0.3) is 5.56 Å². The summed E-state index contributed by atoms with van der Waals surface area (Å²) in [4.78, 5) is 40.7. The van der Waals surface area contributed by atoms with Crippen molar-refractivity contribution in [3.63, 3.8) is 0 Å². The molecule has 0 radical (unpaired) electrons. The van der Waals surface area contributed by atoms with E-state index in [1.165, 1.54) is 22.8 Å². The number of amides is 1. The van der Waals surface area contributed by atoms with Gasteiger partial charge in [-0.25, -0.2) is 13.8 Å². The lowest BCUT2D eigenvalue weighted by molar-refractivity contribution is -0.135. The average molecular weight is 397 g/mol. The zero-order valence-electron chi connectivity index (χ0n) is 15.9. The van der Waals surface area contributed by atoms with Gasteiger partial charge >= 0.3 is 5.69 Å². The van der Waals surface area contributed by atoms with Crippen LogP contribution >= 0.6 is 0 Å². The van der Waals surface area contributed by atoms with Crippen LogP contribution in [0.1, 0.15) is 5.56 Å². The fourth-order valence-electron chi connectivity index (χ4n) is 3.53. The Morgan fingerprint density at radius 2 is 1.86 bits per heavy atom. The molecule has 0 saturated carbocycles. The van der Waals surface area contributed by atoms with Gasteiger partial charge in [-0.3, -0.25) is 14.2 Å². The number of morpholine rings is 1. The molecule has 2 heterocycles. The van der Waals surface area contributed by atoms with Gasteiger partial charge in [-0.05, 0) is 37.3 Å². The van der Waals surface area contributed by atoms with Crippen LogP contribution in [0.4, 0.5) is 4.39 Å². The number of carbonyl (C=O) groups is 1. The maximum absolute atomic E-state index is 13.8. The van der Waals surface area contributed by atoms with Crippen molar-refractivity contribution < 1.29 is 13.9 Å². The van der Waals surface area contributed by atoms with Crippen LogP contribution in [0.25, 0.3) is 16.6 Å². The molecule has 0 aliphatic carbocycles. The maximum atomic E-state index is 13.8. The van der Waals surface area contributed by atoms with Crippen LogP contribution in [0.5, 0.6) is 0 Å². The standard InChI is InChI=1S/C21H20FN3O4/c1-14-5-6-18-17(11-14)20(27)25(16-4-2-3-15(22)12-16)21(28)24(18)13-19(26)23-7-9-29-10-8-23/h2-6,11-12H,7-10,13H2,1H3. The number of benzene rings is 2. The van der Waals surface area contributed by atoms with Gasteiger partial charge in [-0.1, -0.05) is 17.7 Å². The number of hydrogen-bond donors (Lipinski definition) is 0. The monoisotopic (exact) mass is 397 g/mol. The van der Waals surface area contributed by atoms with E-state index in [2.05, 4.69) is 0 Å². The molecule has 0 spiro atoms. The summed E-state index contributed by atoms with van der Waals surface area (Å²) >= 11 is 0. The molecule has 0 atom stereocenters. The van der Waals surface area contributed by atoms with Gasteiger partial charge in [0, 0.05) is 13.1 Å². The molecule has 2 aromatic carbocycles. The molecule has 1 amide bonds. The van der Waals surface area contributed by atoms with Crippen LogP contribution < -0.4 is 11.2 Å². The summed E-state index contributed by atoms with van der Waals surface area (Å²) in [6, 6.07) is 10.4. The minimum atomic E-state index is -0.682. The number of rotatable bonds is 3. The summed E-state index contributed by atoms with van der Waals surface area (Å²) in [7, 11) is 0. The van der Waals surface area contributed by atoms with E-state index >= 15 is 0 Å². The fourth-order valence-corrected chi connectivity index (χ4v) is 3.53. The molecule has 0 unspecified atom stereocenters. The number of hydrogen-bond acceptors (Lipinski definition) is 4. The number of aryl methyl sites for hydroxylation is 1. The smallest absolute Gasteiger partial charge is 0.336 e. The van der Waals surface area contributed by atoms with Crippen LogP contribution in [-0.2, 0) is 16.1 Å². The van der Waals surface area contributed by atoms with Crippen molar-refractivity contribution in [1.29, 1.82) is 0 Å². The maximum Gasteiger partial charge on any atom is 0.336 e. The number of fused-ring (bicyclic) bond motifs is 1. The highest BCUT2D eigenvalue weighted by Gasteiger charge is 2.21. The van der Waals surface area contributed by atoms with Gasteiger partial charge < -0.3 is 9.64 Å². The third kappa shape index (κ3) is 3.58. The number of halogens is 1. The summed E-state index contributed by atoms with van der Waals surface area (Å²) in [5.74, 6) is -0.796. The zero-order chi connectivity index (χ0) is 20.5. The molecule has 1 saturated heterocycles. The first-order valence-electron chi connectivity index (χ1n) is 9.33. The largest absolute Gasteiger partial charge is 0.378 e. The minimum absolute atomic E-state index is 0.121. The number of carbonyl (C=O) groups excluding carboxylic acids is 1. The van der Waals surface area contributed by atoms with Crippen molar-refractivity contribution >= 4 is 16.8 Å². The van der Waals surface area contributed by atoms with E-state index in [9.17, 15) is 18.8 Å². The van der Waals surface area contributed by atoms with E-state index in [1.54, 1.807) is 23.1 Å². The second-order valence-electron chi connectivity index (χ2n) is 7.00. The van der Waals surface area contributed by atoms with E-state index in [-0.39, 0.29) is 18.1 Å². The lowest BCUT2D eigenvalue weighted by atomic mass is 10.1. The molecule has 1 aliphatic heterocycles. The predicted octanol–water partition coefficient (Wildman–Crippen LogP) is 1.46. The Balaban J connectivity index is 1.92. The molecule has 1 aromatic heterocycles. The third-order valence-corrected chi connectivity index (χ3v) is 5.02. The molecule has 4 rings (SSSR count). The molecule has 29 heavy (non-hydrogen) atoms. The van der Waals surface area contributed by atoms with Crippen LogP contribution in [0.2, 0.25) is 0 Å². The second kappa shape index (κ2) is 7.63. The second-order valence-corrected chi connectivity index (χ2v) is 7.00. The lowest BCUT2D eigenvalue weighted by Crippen LogP contribution is -2.45. The van der Waals surface area contributed by atoms with Crippen molar-refractivity contribution in [1.82, 2.24) is 14.0 Å². The highest BCUT2D eigenvalue weighted by atomic mass is 19.1. The van der Waals surface area contributed by atoms with E-state index in [0.29, 0.717) is 37.2 Å². The Labute approximate surface area is 165 Å². The molecular formula is C21H20FN3O4. The van der Waals surface area contributed by atoms with Crippen molar-refractivity contribution in [2.24, 2.45) is 0 Å².